The van der Waals surface area contributed by atoms with Crippen molar-refractivity contribution in [3.63, 3.8) is 0 Å². The maximum atomic E-state index is 11.8. The van der Waals surface area contributed by atoms with Gasteiger partial charge in [-0.3, -0.25) is 4.79 Å². The number of thiophene rings is 1. The number of aryl methyl sites for hydroxylation is 1. The second-order valence-corrected chi connectivity index (χ2v) is 6.28. The molecule has 2 rings (SSSR count). The molecule has 0 spiro atoms. The van der Waals surface area contributed by atoms with Gasteiger partial charge in [0.2, 0.25) is 5.91 Å². The Morgan fingerprint density at radius 3 is 3.00 bits per heavy atom. The summed E-state index contributed by atoms with van der Waals surface area (Å²) in [5, 5.41) is 0.196. The van der Waals surface area contributed by atoms with Crippen LogP contribution in [-0.4, -0.2) is 36.3 Å². The first kappa shape index (κ1) is 12.9. The van der Waals surface area contributed by atoms with Crippen LogP contribution in [0.2, 0.25) is 0 Å². The average molecular weight is 271 g/mol. The number of carbonyl (C=O) groups is 1. The zero-order valence-corrected chi connectivity index (χ0v) is 11.8. The van der Waals surface area contributed by atoms with Gasteiger partial charge in [0, 0.05) is 22.9 Å². The molecule has 94 valence electrons. The SMILES string of the molecule is CCOCCN1C(=O)CSC1c1ccc(C)s1. The smallest absolute Gasteiger partial charge is 0.233 e. The number of rotatable bonds is 5. The summed E-state index contributed by atoms with van der Waals surface area (Å²) in [7, 11) is 0. The standard InChI is InChI=1S/C12H17NO2S2/c1-3-15-7-6-13-11(14)8-16-12(13)10-5-4-9(2)17-10/h4-5,12H,3,6-8H2,1-2H3. The highest BCUT2D eigenvalue weighted by Crippen LogP contribution is 2.41. The van der Waals surface area contributed by atoms with Crippen molar-refractivity contribution in [1.82, 2.24) is 4.90 Å². The third-order valence-electron chi connectivity index (χ3n) is 2.65. The van der Waals surface area contributed by atoms with Crippen LogP contribution in [0.3, 0.4) is 0 Å². The van der Waals surface area contributed by atoms with Gasteiger partial charge in [0.25, 0.3) is 0 Å². The quantitative estimate of drug-likeness (QED) is 0.771. The maximum absolute atomic E-state index is 11.8. The molecular formula is C12H17NO2S2. The molecule has 2 heterocycles. The monoisotopic (exact) mass is 271 g/mol. The predicted molar refractivity (Wildman–Crippen MR) is 72.5 cm³/mol. The summed E-state index contributed by atoms with van der Waals surface area (Å²) in [5.74, 6) is 0.819. The number of nitrogens with zero attached hydrogens (tertiary/aromatic N) is 1. The first-order valence-electron chi connectivity index (χ1n) is 5.77. The largest absolute Gasteiger partial charge is 0.380 e. The van der Waals surface area contributed by atoms with Crippen LogP contribution >= 0.6 is 23.1 Å². The first-order chi connectivity index (χ1) is 8.22. The van der Waals surface area contributed by atoms with E-state index in [1.54, 1.807) is 23.1 Å². The number of hydrogen-bond donors (Lipinski definition) is 0. The second-order valence-electron chi connectivity index (χ2n) is 3.90. The zero-order valence-electron chi connectivity index (χ0n) is 10.1. The Morgan fingerprint density at radius 1 is 1.53 bits per heavy atom. The van der Waals surface area contributed by atoms with Gasteiger partial charge < -0.3 is 9.64 Å². The number of amides is 1. The maximum Gasteiger partial charge on any atom is 0.233 e. The molecule has 1 fully saturated rings. The molecule has 0 N–H and O–H groups in total. The molecule has 0 saturated carbocycles. The van der Waals surface area contributed by atoms with E-state index >= 15 is 0 Å². The van der Waals surface area contributed by atoms with Gasteiger partial charge in [-0.25, -0.2) is 0 Å². The lowest BCUT2D eigenvalue weighted by Crippen LogP contribution is -2.31. The van der Waals surface area contributed by atoms with Crippen molar-refractivity contribution >= 4 is 29.0 Å². The van der Waals surface area contributed by atoms with Gasteiger partial charge in [-0.2, -0.15) is 0 Å². The third-order valence-corrected chi connectivity index (χ3v) is 5.09. The molecule has 0 aromatic carbocycles. The Labute approximate surface area is 110 Å². The fraction of sp³-hybridized carbons (Fsp3) is 0.583. The van der Waals surface area contributed by atoms with E-state index < -0.39 is 0 Å². The number of carbonyl (C=O) groups excluding carboxylic acids is 1. The molecular weight excluding hydrogens is 254 g/mol. The van der Waals surface area contributed by atoms with E-state index in [0.717, 1.165) is 0 Å². The molecule has 5 heteroatoms. The number of ether oxygens (including phenoxy) is 1. The minimum Gasteiger partial charge on any atom is -0.380 e. The van der Waals surface area contributed by atoms with Crippen LogP contribution in [-0.2, 0) is 9.53 Å². The molecule has 1 unspecified atom stereocenters. The Kier molecular flexibility index (Phi) is 4.48. The van der Waals surface area contributed by atoms with Crippen molar-refractivity contribution in [2.24, 2.45) is 0 Å². The lowest BCUT2D eigenvalue weighted by molar-refractivity contribution is -0.128. The molecule has 1 amide bonds. The first-order valence-corrected chi connectivity index (χ1v) is 7.64. The van der Waals surface area contributed by atoms with Crippen LogP contribution in [0.15, 0.2) is 12.1 Å². The molecule has 1 saturated heterocycles. The Morgan fingerprint density at radius 2 is 2.35 bits per heavy atom. The van der Waals surface area contributed by atoms with Gasteiger partial charge in [-0.1, -0.05) is 0 Å². The topological polar surface area (TPSA) is 29.5 Å². The van der Waals surface area contributed by atoms with Gasteiger partial charge in [0.1, 0.15) is 5.37 Å². The minimum atomic E-state index is 0.196. The molecule has 1 aromatic heterocycles. The van der Waals surface area contributed by atoms with E-state index in [1.165, 1.54) is 9.75 Å². The van der Waals surface area contributed by atoms with Crippen LogP contribution in [0.25, 0.3) is 0 Å². The average Bonchev–Trinajstić information content (AvgIpc) is 2.87. The van der Waals surface area contributed by atoms with Gasteiger partial charge in [-0.05, 0) is 26.0 Å². The molecule has 1 aliphatic heterocycles. The lowest BCUT2D eigenvalue weighted by Gasteiger charge is -2.22. The van der Waals surface area contributed by atoms with Crippen molar-refractivity contribution in [2.75, 3.05) is 25.5 Å². The molecule has 1 aromatic rings. The summed E-state index contributed by atoms with van der Waals surface area (Å²) in [6.45, 7) is 6.10. The number of thioether (sulfide) groups is 1. The minimum absolute atomic E-state index is 0.196. The fourth-order valence-electron chi connectivity index (χ4n) is 1.82. The Hall–Kier alpha value is -0.520. The van der Waals surface area contributed by atoms with Crippen LogP contribution in [0, 0.1) is 6.92 Å². The third kappa shape index (κ3) is 3.03. The highest BCUT2D eigenvalue weighted by Gasteiger charge is 2.33. The van der Waals surface area contributed by atoms with Crippen molar-refractivity contribution in [1.29, 1.82) is 0 Å². The Bertz CT molecular complexity index is 392. The molecule has 3 nitrogen and oxygen atoms in total. The van der Waals surface area contributed by atoms with E-state index in [4.69, 9.17) is 4.74 Å². The van der Waals surface area contributed by atoms with Crippen molar-refractivity contribution in [3.05, 3.63) is 21.9 Å². The van der Waals surface area contributed by atoms with Gasteiger partial charge in [-0.15, -0.1) is 23.1 Å². The molecule has 1 atom stereocenters. The van der Waals surface area contributed by atoms with Crippen LogP contribution in [0.1, 0.15) is 22.1 Å². The van der Waals surface area contributed by atoms with Crippen molar-refractivity contribution in [3.8, 4) is 0 Å². The lowest BCUT2D eigenvalue weighted by atomic mass is 10.4. The second kappa shape index (κ2) is 5.89. The zero-order chi connectivity index (χ0) is 12.3. The van der Waals surface area contributed by atoms with Crippen molar-refractivity contribution in [2.45, 2.75) is 19.2 Å². The van der Waals surface area contributed by atoms with E-state index in [-0.39, 0.29) is 11.3 Å². The molecule has 1 aliphatic rings. The summed E-state index contributed by atoms with van der Waals surface area (Å²) >= 11 is 3.49. The molecule has 17 heavy (non-hydrogen) atoms. The van der Waals surface area contributed by atoms with Gasteiger partial charge in [0.15, 0.2) is 0 Å². The molecule has 0 bridgehead atoms. The summed E-state index contributed by atoms with van der Waals surface area (Å²) in [5.41, 5.74) is 0. The van der Waals surface area contributed by atoms with Crippen LogP contribution in [0.4, 0.5) is 0 Å². The van der Waals surface area contributed by atoms with Crippen LogP contribution in [0.5, 0.6) is 0 Å². The molecule has 0 aliphatic carbocycles. The fourth-order valence-corrected chi connectivity index (χ4v) is 4.16. The predicted octanol–water partition coefficient (Wildman–Crippen LogP) is 2.67. The summed E-state index contributed by atoms with van der Waals surface area (Å²) in [4.78, 5) is 16.3. The number of hydrogen-bond acceptors (Lipinski definition) is 4. The van der Waals surface area contributed by atoms with Gasteiger partial charge in [0.05, 0.1) is 12.4 Å². The van der Waals surface area contributed by atoms with Crippen molar-refractivity contribution < 1.29 is 9.53 Å². The van der Waals surface area contributed by atoms with E-state index in [2.05, 4.69) is 19.1 Å². The highest BCUT2D eigenvalue weighted by molar-refractivity contribution is 8.00. The van der Waals surface area contributed by atoms with Gasteiger partial charge >= 0.3 is 0 Å². The van der Waals surface area contributed by atoms with Crippen LogP contribution < -0.4 is 0 Å². The molecule has 0 radical (unpaired) electrons. The highest BCUT2D eigenvalue weighted by atomic mass is 32.2. The summed E-state index contributed by atoms with van der Waals surface area (Å²) in [6, 6.07) is 4.24. The van der Waals surface area contributed by atoms with E-state index in [9.17, 15) is 4.79 Å². The normalized spacial score (nSPS) is 20.2. The van der Waals surface area contributed by atoms with E-state index in [1.807, 2.05) is 11.8 Å². The summed E-state index contributed by atoms with van der Waals surface area (Å²) in [6.07, 6.45) is 0. The Balaban J connectivity index is 2.03. The van der Waals surface area contributed by atoms with E-state index in [0.29, 0.717) is 25.5 Å². The summed E-state index contributed by atoms with van der Waals surface area (Å²) < 4.78 is 5.33.